The average molecular weight is 427 g/mol. The van der Waals surface area contributed by atoms with Gasteiger partial charge < -0.3 is 10.3 Å². The number of nitrogens with zero attached hydrogens (tertiary/aromatic N) is 3. The molecule has 0 aliphatic carbocycles. The Labute approximate surface area is 171 Å². The fraction of sp³-hybridized carbons (Fsp3) is 0.600. The van der Waals surface area contributed by atoms with E-state index in [-0.39, 0.29) is 24.4 Å². The third-order valence-electron chi connectivity index (χ3n) is 6.13. The van der Waals surface area contributed by atoms with Gasteiger partial charge in [0.2, 0.25) is 5.91 Å². The maximum atomic E-state index is 14.0. The van der Waals surface area contributed by atoms with Crippen LogP contribution in [0.3, 0.4) is 0 Å². The highest BCUT2D eigenvalue weighted by Crippen LogP contribution is 2.33. The number of hydrogen-bond donors (Lipinski definition) is 2. The molecule has 1 aromatic carbocycles. The van der Waals surface area contributed by atoms with Gasteiger partial charge in [0.25, 0.3) is 0 Å². The number of aryl methyl sites for hydroxylation is 1. The van der Waals surface area contributed by atoms with Crippen LogP contribution in [-0.4, -0.2) is 69.1 Å². The molecule has 2 unspecified atom stereocenters. The Bertz CT molecular complexity index is 919. The predicted molar refractivity (Wildman–Crippen MR) is 103 cm³/mol. The van der Waals surface area contributed by atoms with Crippen molar-refractivity contribution in [1.29, 1.82) is 0 Å². The molecule has 0 spiro atoms. The lowest BCUT2D eigenvalue weighted by Gasteiger charge is -2.56. The number of halogens is 4. The number of aromatic amines is 1. The van der Waals surface area contributed by atoms with Crippen molar-refractivity contribution in [3.05, 3.63) is 29.3 Å². The molecule has 4 heterocycles. The van der Waals surface area contributed by atoms with E-state index in [4.69, 9.17) is 0 Å². The van der Waals surface area contributed by atoms with Gasteiger partial charge in [-0.15, -0.1) is 0 Å². The van der Waals surface area contributed by atoms with Crippen molar-refractivity contribution in [1.82, 2.24) is 25.1 Å². The standard InChI is InChI=1S/C20H25F4N5O/c1-11-4-5-14(21)18-17(11)25-15(26-18)9-28-7-12-6-13(8-28)29(12)10-16(30)27-19(2,3)20(22,23)24/h4-5,12-13H,6-10H2,1-3H3,(H,25,26)(H,27,30). The molecule has 2 aromatic rings. The molecular weight excluding hydrogens is 402 g/mol. The zero-order chi connectivity index (χ0) is 21.8. The Morgan fingerprint density at radius 2 is 1.93 bits per heavy atom. The summed E-state index contributed by atoms with van der Waals surface area (Å²) in [4.78, 5) is 23.9. The lowest BCUT2D eigenvalue weighted by atomic mass is 9.87. The first-order valence-corrected chi connectivity index (χ1v) is 9.94. The summed E-state index contributed by atoms with van der Waals surface area (Å²) in [6.07, 6.45) is -3.59. The molecule has 3 saturated heterocycles. The number of alkyl halides is 3. The molecule has 2 bridgehead atoms. The monoisotopic (exact) mass is 427 g/mol. The number of imidazole rings is 1. The van der Waals surface area contributed by atoms with E-state index in [2.05, 4.69) is 20.2 Å². The van der Waals surface area contributed by atoms with E-state index >= 15 is 0 Å². The molecule has 3 aliphatic heterocycles. The van der Waals surface area contributed by atoms with Gasteiger partial charge in [0.05, 0.1) is 18.6 Å². The first kappa shape index (κ1) is 21.0. The van der Waals surface area contributed by atoms with Gasteiger partial charge in [-0.25, -0.2) is 9.37 Å². The van der Waals surface area contributed by atoms with Crippen molar-refractivity contribution in [3.63, 3.8) is 0 Å². The third kappa shape index (κ3) is 3.78. The number of nitrogens with one attached hydrogen (secondary N) is 2. The SMILES string of the molecule is Cc1ccc(F)c2[nH]c(CN3CC4CC(C3)N4CC(=O)NC(C)(C)C(F)(F)F)nc12. The molecule has 3 aliphatic rings. The minimum atomic E-state index is -4.51. The highest BCUT2D eigenvalue weighted by molar-refractivity contribution is 5.79. The number of rotatable bonds is 5. The van der Waals surface area contributed by atoms with E-state index in [0.29, 0.717) is 36.5 Å². The van der Waals surface area contributed by atoms with Crippen LogP contribution in [0.4, 0.5) is 17.6 Å². The third-order valence-corrected chi connectivity index (χ3v) is 6.13. The number of fused-ring (bicyclic) bond motifs is 3. The number of aromatic nitrogens is 2. The summed E-state index contributed by atoms with van der Waals surface area (Å²) in [6.45, 7) is 5.66. The second-order valence-corrected chi connectivity index (χ2v) is 8.85. The van der Waals surface area contributed by atoms with Crippen LogP contribution in [0, 0.1) is 12.7 Å². The number of piperidine rings is 1. The maximum Gasteiger partial charge on any atom is 0.410 e. The normalized spacial score (nSPS) is 22.9. The zero-order valence-corrected chi connectivity index (χ0v) is 17.1. The smallest absolute Gasteiger partial charge is 0.341 e. The molecular formula is C20H25F4N5O. The Morgan fingerprint density at radius 1 is 1.27 bits per heavy atom. The molecule has 5 rings (SSSR count). The molecule has 1 aromatic heterocycles. The molecule has 1 amide bonds. The second-order valence-electron chi connectivity index (χ2n) is 8.85. The number of carbonyl (C=O) groups is 1. The van der Waals surface area contributed by atoms with Crippen molar-refractivity contribution >= 4 is 16.9 Å². The maximum absolute atomic E-state index is 14.0. The quantitative estimate of drug-likeness (QED) is 0.721. The summed E-state index contributed by atoms with van der Waals surface area (Å²) >= 11 is 0. The minimum absolute atomic E-state index is 0.0439. The second kappa shape index (κ2) is 7.19. The number of H-pyrrole nitrogens is 1. The summed E-state index contributed by atoms with van der Waals surface area (Å²) in [6, 6.07) is 3.35. The van der Waals surface area contributed by atoms with Gasteiger partial charge in [0.15, 0.2) is 0 Å². The Morgan fingerprint density at radius 3 is 2.53 bits per heavy atom. The van der Waals surface area contributed by atoms with Crippen LogP contribution in [0.25, 0.3) is 11.0 Å². The zero-order valence-electron chi connectivity index (χ0n) is 17.1. The van der Waals surface area contributed by atoms with Crippen molar-refractivity contribution in [2.24, 2.45) is 0 Å². The van der Waals surface area contributed by atoms with E-state index in [1.54, 1.807) is 6.07 Å². The highest BCUT2D eigenvalue weighted by Gasteiger charge is 2.50. The van der Waals surface area contributed by atoms with Crippen LogP contribution < -0.4 is 5.32 Å². The molecule has 30 heavy (non-hydrogen) atoms. The van der Waals surface area contributed by atoms with E-state index in [0.717, 1.165) is 25.8 Å². The largest absolute Gasteiger partial charge is 0.410 e. The number of amides is 1. The fourth-order valence-electron chi connectivity index (χ4n) is 4.31. The highest BCUT2D eigenvalue weighted by atomic mass is 19.4. The summed E-state index contributed by atoms with van der Waals surface area (Å²) in [5.74, 6) is -0.283. The molecule has 2 atom stereocenters. The Hall–Kier alpha value is -2.20. The molecule has 3 fully saturated rings. The average Bonchev–Trinajstić information content (AvgIpc) is 3.06. The number of piperazine rings is 1. The number of hydrogen-bond acceptors (Lipinski definition) is 4. The van der Waals surface area contributed by atoms with Gasteiger partial charge in [0, 0.05) is 25.2 Å². The molecule has 0 radical (unpaired) electrons. The summed E-state index contributed by atoms with van der Waals surface area (Å²) in [5, 5.41) is 2.09. The first-order chi connectivity index (χ1) is 13.9. The molecule has 6 nitrogen and oxygen atoms in total. The van der Waals surface area contributed by atoms with Crippen molar-refractivity contribution in [2.75, 3.05) is 19.6 Å². The lowest BCUT2D eigenvalue weighted by Crippen LogP contribution is -2.70. The van der Waals surface area contributed by atoms with Gasteiger partial charge in [-0.2, -0.15) is 13.2 Å². The molecule has 10 heteroatoms. The predicted octanol–water partition coefficient (Wildman–Crippen LogP) is 2.73. The number of carbonyl (C=O) groups excluding carboxylic acids is 1. The van der Waals surface area contributed by atoms with Gasteiger partial charge >= 0.3 is 6.18 Å². The van der Waals surface area contributed by atoms with Crippen LogP contribution >= 0.6 is 0 Å². The van der Waals surface area contributed by atoms with Crippen LogP contribution in [0.15, 0.2) is 12.1 Å². The van der Waals surface area contributed by atoms with Gasteiger partial charge in [0.1, 0.15) is 22.7 Å². The molecule has 0 saturated carbocycles. The lowest BCUT2D eigenvalue weighted by molar-refractivity contribution is -0.189. The van der Waals surface area contributed by atoms with Gasteiger partial charge in [-0.1, -0.05) is 6.07 Å². The summed E-state index contributed by atoms with van der Waals surface area (Å²) in [5.41, 5.74) is -0.338. The molecule has 164 valence electrons. The van der Waals surface area contributed by atoms with Crippen molar-refractivity contribution in [3.8, 4) is 0 Å². The van der Waals surface area contributed by atoms with Gasteiger partial charge in [-0.3, -0.25) is 14.6 Å². The van der Waals surface area contributed by atoms with Crippen LogP contribution in [0.5, 0.6) is 0 Å². The Kier molecular flexibility index (Phi) is 5.05. The Balaban J connectivity index is 1.34. The van der Waals surface area contributed by atoms with E-state index in [1.807, 2.05) is 11.8 Å². The van der Waals surface area contributed by atoms with E-state index in [9.17, 15) is 22.4 Å². The van der Waals surface area contributed by atoms with Crippen LogP contribution in [0.2, 0.25) is 0 Å². The van der Waals surface area contributed by atoms with Crippen LogP contribution in [-0.2, 0) is 11.3 Å². The van der Waals surface area contributed by atoms with Crippen molar-refractivity contribution in [2.45, 2.75) is 57.5 Å². The van der Waals surface area contributed by atoms with Gasteiger partial charge in [-0.05, 0) is 38.8 Å². The topological polar surface area (TPSA) is 64.3 Å². The summed E-state index contributed by atoms with van der Waals surface area (Å²) in [7, 11) is 0. The number of benzene rings is 1. The van der Waals surface area contributed by atoms with Crippen LogP contribution in [0.1, 0.15) is 31.7 Å². The van der Waals surface area contributed by atoms with E-state index in [1.165, 1.54) is 6.07 Å². The minimum Gasteiger partial charge on any atom is -0.341 e. The fourth-order valence-corrected chi connectivity index (χ4v) is 4.31. The van der Waals surface area contributed by atoms with Crippen molar-refractivity contribution < 1.29 is 22.4 Å². The summed E-state index contributed by atoms with van der Waals surface area (Å²) < 4.78 is 52.9. The molecule has 2 N–H and O–H groups in total. The van der Waals surface area contributed by atoms with E-state index < -0.39 is 17.6 Å². The first-order valence-electron chi connectivity index (χ1n) is 9.94.